The van der Waals surface area contributed by atoms with E-state index in [2.05, 4.69) is 10.6 Å². The summed E-state index contributed by atoms with van der Waals surface area (Å²) in [5.74, 6) is -0.367. The fourth-order valence-electron chi connectivity index (χ4n) is 1.74. The van der Waals surface area contributed by atoms with Gasteiger partial charge in [0.2, 0.25) is 5.91 Å². The molecule has 1 aromatic carbocycles. The second kappa shape index (κ2) is 6.95. The van der Waals surface area contributed by atoms with Gasteiger partial charge in [0.15, 0.2) is 0 Å². The number of hydrogen-bond acceptors (Lipinski definition) is 2. The minimum absolute atomic E-state index is 0.0403. The third-order valence-electron chi connectivity index (χ3n) is 2.55. The Bertz CT molecular complexity index is 477. The van der Waals surface area contributed by atoms with Gasteiger partial charge in [-0.15, -0.1) is 0 Å². The van der Waals surface area contributed by atoms with Crippen LogP contribution in [0.15, 0.2) is 18.2 Å². The smallest absolute Gasteiger partial charge is 0.326 e. The van der Waals surface area contributed by atoms with Crippen molar-refractivity contribution in [2.24, 2.45) is 0 Å². The van der Waals surface area contributed by atoms with Crippen molar-refractivity contribution in [2.75, 3.05) is 11.9 Å². The van der Waals surface area contributed by atoms with Gasteiger partial charge < -0.3 is 10.6 Å². The third kappa shape index (κ3) is 5.38. The first-order chi connectivity index (χ1) is 9.22. The van der Waals surface area contributed by atoms with Crippen molar-refractivity contribution in [3.63, 3.8) is 0 Å². The highest BCUT2D eigenvalue weighted by Crippen LogP contribution is 2.33. The summed E-state index contributed by atoms with van der Waals surface area (Å²) in [6.07, 6.45) is -4.33. The van der Waals surface area contributed by atoms with E-state index in [1.807, 2.05) is 13.8 Å². The highest BCUT2D eigenvalue weighted by atomic mass is 35.5. The average molecular weight is 309 g/mol. The van der Waals surface area contributed by atoms with E-state index in [0.717, 1.165) is 12.1 Å². The van der Waals surface area contributed by atoms with Gasteiger partial charge in [0.05, 0.1) is 5.56 Å². The summed E-state index contributed by atoms with van der Waals surface area (Å²) >= 11 is 5.63. The SMILES string of the molecule is CCNC(C)CC(=O)Nc1cc(Cl)cc(C(F)(F)F)c1. The van der Waals surface area contributed by atoms with E-state index in [0.29, 0.717) is 6.54 Å². The summed E-state index contributed by atoms with van der Waals surface area (Å²) < 4.78 is 37.8. The van der Waals surface area contributed by atoms with E-state index in [1.54, 1.807) is 0 Å². The van der Waals surface area contributed by atoms with Gasteiger partial charge in [0.25, 0.3) is 0 Å². The Morgan fingerprint density at radius 3 is 2.55 bits per heavy atom. The molecule has 0 radical (unpaired) electrons. The predicted octanol–water partition coefficient (Wildman–Crippen LogP) is 3.69. The number of carbonyl (C=O) groups is 1. The third-order valence-corrected chi connectivity index (χ3v) is 2.77. The number of nitrogens with one attached hydrogen (secondary N) is 2. The first-order valence-corrected chi connectivity index (χ1v) is 6.51. The normalized spacial score (nSPS) is 13.1. The molecule has 0 aliphatic rings. The number of alkyl halides is 3. The van der Waals surface area contributed by atoms with Crippen molar-refractivity contribution >= 4 is 23.2 Å². The minimum Gasteiger partial charge on any atom is -0.326 e. The van der Waals surface area contributed by atoms with Crippen LogP contribution in [0.2, 0.25) is 5.02 Å². The first-order valence-electron chi connectivity index (χ1n) is 6.13. The summed E-state index contributed by atoms with van der Waals surface area (Å²) in [7, 11) is 0. The van der Waals surface area contributed by atoms with Crippen LogP contribution in [0.1, 0.15) is 25.8 Å². The van der Waals surface area contributed by atoms with Gasteiger partial charge in [-0.25, -0.2) is 0 Å². The van der Waals surface area contributed by atoms with Gasteiger partial charge in [-0.3, -0.25) is 4.79 Å². The molecule has 0 spiro atoms. The van der Waals surface area contributed by atoms with Crippen LogP contribution < -0.4 is 10.6 Å². The number of halogens is 4. The maximum atomic E-state index is 12.6. The fourth-order valence-corrected chi connectivity index (χ4v) is 1.97. The van der Waals surface area contributed by atoms with Crippen LogP contribution in [0.3, 0.4) is 0 Å². The number of carbonyl (C=O) groups excluding carboxylic acids is 1. The Labute approximate surface area is 120 Å². The molecule has 0 aliphatic heterocycles. The molecule has 0 heterocycles. The average Bonchev–Trinajstić information content (AvgIpc) is 2.26. The van der Waals surface area contributed by atoms with Gasteiger partial charge in [0.1, 0.15) is 0 Å². The summed E-state index contributed by atoms with van der Waals surface area (Å²) in [5, 5.41) is 5.39. The van der Waals surface area contributed by atoms with Crippen LogP contribution >= 0.6 is 11.6 Å². The quantitative estimate of drug-likeness (QED) is 0.871. The number of amides is 1. The topological polar surface area (TPSA) is 41.1 Å². The van der Waals surface area contributed by atoms with Gasteiger partial charge in [-0.05, 0) is 31.7 Å². The lowest BCUT2D eigenvalue weighted by molar-refractivity contribution is -0.137. The van der Waals surface area contributed by atoms with Crippen LogP contribution in [0.5, 0.6) is 0 Å². The lowest BCUT2D eigenvalue weighted by atomic mass is 10.1. The zero-order valence-electron chi connectivity index (χ0n) is 11.1. The molecule has 7 heteroatoms. The highest BCUT2D eigenvalue weighted by Gasteiger charge is 2.31. The second-order valence-corrected chi connectivity index (χ2v) is 4.87. The maximum absolute atomic E-state index is 12.6. The van der Waals surface area contributed by atoms with E-state index in [9.17, 15) is 18.0 Å². The van der Waals surface area contributed by atoms with Crippen LogP contribution in [-0.2, 0) is 11.0 Å². The summed E-state index contributed by atoms with van der Waals surface area (Å²) in [6, 6.07) is 2.91. The van der Waals surface area contributed by atoms with Crippen LogP contribution in [0, 0.1) is 0 Å². The van der Waals surface area contributed by atoms with Gasteiger partial charge >= 0.3 is 6.18 Å². The number of benzene rings is 1. The van der Waals surface area contributed by atoms with E-state index in [1.165, 1.54) is 6.07 Å². The van der Waals surface area contributed by atoms with Crippen molar-refractivity contribution in [1.82, 2.24) is 5.32 Å². The van der Waals surface area contributed by atoms with Gasteiger partial charge in [-0.1, -0.05) is 18.5 Å². The Morgan fingerprint density at radius 2 is 2.00 bits per heavy atom. The molecule has 112 valence electrons. The molecule has 2 N–H and O–H groups in total. The fraction of sp³-hybridized carbons (Fsp3) is 0.462. The molecular formula is C13H16ClF3N2O. The minimum atomic E-state index is -4.50. The highest BCUT2D eigenvalue weighted by molar-refractivity contribution is 6.31. The van der Waals surface area contributed by atoms with E-state index < -0.39 is 11.7 Å². The first kappa shape index (κ1) is 16.8. The van der Waals surface area contributed by atoms with E-state index in [4.69, 9.17) is 11.6 Å². The monoisotopic (exact) mass is 308 g/mol. The van der Waals surface area contributed by atoms with Crippen molar-refractivity contribution in [3.8, 4) is 0 Å². The number of hydrogen-bond donors (Lipinski definition) is 2. The van der Waals surface area contributed by atoms with E-state index >= 15 is 0 Å². The zero-order chi connectivity index (χ0) is 15.3. The predicted molar refractivity (Wildman–Crippen MR) is 72.8 cm³/mol. The molecule has 1 aromatic rings. The summed E-state index contributed by atoms with van der Waals surface area (Å²) in [6.45, 7) is 4.44. The van der Waals surface area contributed by atoms with Crippen molar-refractivity contribution in [3.05, 3.63) is 28.8 Å². The molecule has 1 unspecified atom stereocenters. The van der Waals surface area contributed by atoms with Crippen LogP contribution in [0.4, 0.5) is 18.9 Å². The molecule has 20 heavy (non-hydrogen) atoms. The summed E-state index contributed by atoms with van der Waals surface area (Å²) in [5.41, 5.74) is -0.849. The molecule has 0 aliphatic carbocycles. The Kier molecular flexibility index (Phi) is 5.83. The zero-order valence-corrected chi connectivity index (χ0v) is 11.9. The van der Waals surface area contributed by atoms with Crippen molar-refractivity contribution in [2.45, 2.75) is 32.5 Å². The molecule has 0 aromatic heterocycles. The Balaban J connectivity index is 2.77. The van der Waals surface area contributed by atoms with Crippen molar-refractivity contribution < 1.29 is 18.0 Å². The molecule has 1 amide bonds. The molecule has 0 bridgehead atoms. The number of rotatable bonds is 5. The molecule has 1 atom stereocenters. The Morgan fingerprint density at radius 1 is 1.35 bits per heavy atom. The molecule has 0 saturated heterocycles. The molecule has 3 nitrogen and oxygen atoms in total. The standard InChI is InChI=1S/C13H16ClF3N2O/c1-3-18-8(2)4-12(20)19-11-6-9(13(15,16)17)5-10(14)7-11/h5-8,18H,3-4H2,1-2H3,(H,19,20). The van der Waals surface area contributed by atoms with Crippen molar-refractivity contribution in [1.29, 1.82) is 0 Å². The maximum Gasteiger partial charge on any atom is 0.416 e. The van der Waals surface area contributed by atoms with Gasteiger partial charge in [-0.2, -0.15) is 13.2 Å². The van der Waals surface area contributed by atoms with Crippen LogP contribution in [-0.4, -0.2) is 18.5 Å². The largest absolute Gasteiger partial charge is 0.416 e. The molecule has 0 fully saturated rings. The van der Waals surface area contributed by atoms with Gasteiger partial charge in [0, 0.05) is 23.2 Å². The molecular weight excluding hydrogens is 293 g/mol. The Hall–Kier alpha value is -1.27. The van der Waals surface area contributed by atoms with Crippen LogP contribution in [0.25, 0.3) is 0 Å². The lowest BCUT2D eigenvalue weighted by Crippen LogP contribution is -2.30. The number of anilines is 1. The molecule has 1 rings (SSSR count). The second-order valence-electron chi connectivity index (χ2n) is 4.44. The van der Waals surface area contributed by atoms with E-state index in [-0.39, 0.29) is 29.1 Å². The summed E-state index contributed by atoms with van der Waals surface area (Å²) in [4.78, 5) is 11.7. The lowest BCUT2D eigenvalue weighted by Gasteiger charge is -2.14. The molecule has 0 saturated carbocycles.